The van der Waals surface area contributed by atoms with Gasteiger partial charge in [-0.3, -0.25) is 14.5 Å². The topological polar surface area (TPSA) is 110 Å². The molecule has 1 amide bonds. The highest BCUT2D eigenvalue weighted by atomic mass is 19.4. The van der Waals surface area contributed by atoms with Crippen molar-refractivity contribution in [2.45, 2.75) is 57.3 Å². The summed E-state index contributed by atoms with van der Waals surface area (Å²) in [5.41, 5.74) is -1.96. The van der Waals surface area contributed by atoms with Crippen LogP contribution in [0.5, 0.6) is 0 Å². The molecule has 2 heterocycles. The Kier molecular flexibility index (Phi) is 6.15. The van der Waals surface area contributed by atoms with Crippen molar-refractivity contribution in [1.29, 1.82) is 0 Å². The third-order valence-corrected chi connectivity index (χ3v) is 6.03. The maximum absolute atomic E-state index is 13.0. The van der Waals surface area contributed by atoms with Crippen molar-refractivity contribution in [2.75, 3.05) is 5.32 Å². The first-order valence-electron chi connectivity index (χ1n) is 10.9. The van der Waals surface area contributed by atoms with Crippen molar-refractivity contribution in [3.8, 4) is 0 Å². The van der Waals surface area contributed by atoms with Gasteiger partial charge in [0.1, 0.15) is 12.0 Å². The van der Waals surface area contributed by atoms with Crippen LogP contribution in [0.3, 0.4) is 0 Å². The van der Waals surface area contributed by atoms with Crippen LogP contribution in [0.25, 0.3) is 10.9 Å². The van der Waals surface area contributed by atoms with Crippen molar-refractivity contribution >= 4 is 28.8 Å². The monoisotopic (exact) mass is 475 g/mol. The van der Waals surface area contributed by atoms with Gasteiger partial charge in [0.25, 0.3) is 5.91 Å². The molecule has 2 N–H and O–H groups in total. The van der Waals surface area contributed by atoms with Crippen molar-refractivity contribution in [3.05, 3.63) is 47.7 Å². The molecule has 11 heteroatoms. The molecule has 1 saturated carbocycles. The van der Waals surface area contributed by atoms with E-state index in [1.165, 1.54) is 13.8 Å². The summed E-state index contributed by atoms with van der Waals surface area (Å²) in [6.07, 6.45) is 2.78. The minimum absolute atomic E-state index is 0.0729. The number of anilines is 1. The number of benzene rings is 1. The Morgan fingerprint density at radius 1 is 1.18 bits per heavy atom. The minimum atomic E-state index is -4.74. The van der Waals surface area contributed by atoms with E-state index in [0.717, 1.165) is 38.2 Å². The molecule has 1 aromatic carbocycles. The quantitative estimate of drug-likeness (QED) is 0.534. The zero-order chi connectivity index (χ0) is 24.7. The number of alkyl halides is 3. The lowest BCUT2D eigenvalue weighted by Crippen LogP contribution is -2.22. The van der Waals surface area contributed by atoms with Crippen molar-refractivity contribution < 1.29 is 27.9 Å². The molecule has 3 aromatic rings. The van der Waals surface area contributed by atoms with Gasteiger partial charge in [-0.25, -0.2) is 4.98 Å². The lowest BCUT2D eigenvalue weighted by molar-refractivity contribution is -0.141. The molecule has 180 valence electrons. The fourth-order valence-corrected chi connectivity index (χ4v) is 4.19. The predicted octanol–water partition coefficient (Wildman–Crippen LogP) is 4.26. The zero-order valence-electron chi connectivity index (χ0n) is 18.6. The number of hydrogen-bond donors (Lipinski definition) is 2. The largest absolute Gasteiger partial charge is 0.434 e. The molecule has 4 rings (SSSR count). The van der Waals surface area contributed by atoms with Crippen LogP contribution >= 0.6 is 0 Å². The highest BCUT2D eigenvalue weighted by Crippen LogP contribution is 2.35. The number of nitrogens with zero attached hydrogens (tertiary/aromatic N) is 4. The standard InChI is InChI=1S/C23H24F3N5O3/c1-22(2,34)16-8-17-14(11-31(30-17)15-5-3-13(12-32)4-6-15)7-18(16)29-21(33)19-9-27-10-20(28-19)23(24,25)26/h7-13,15,34H,3-6H2,1-2H3,(H,29,33)/t13-,15-. The van der Waals surface area contributed by atoms with E-state index in [4.69, 9.17) is 0 Å². The predicted molar refractivity (Wildman–Crippen MR) is 117 cm³/mol. The van der Waals surface area contributed by atoms with Gasteiger partial charge in [-0.15, -0.1) is 0 Å². The Morgan fingerprint density at radius 2 is 1.88 bits per heavy atom. The fourth-order valence-electron chi connectivity index (χ4n) is 4.19. The molecule has 0 unspecified atom stereocenters. The molecular weight excluding hydrogens is 451 g/mol. The maximum atomic E-state index is 13.0. The summed E-state index contributed by atoms with van der Waals surface area (Å²) < 4.78 is 40.7. The Bertz CT molecular complexity index is 1220. The van der Waals surface area contributed by atoms with Crippen LogP contribution < -0.4 is 5.32 Å². The second kappa shape index (κ2) is 8.79. The Morgan fingerprint density at radius 3 is 2.50 bits per heavy atom. The number of rotatable bonds is 5. The van der Waals surface area contributed by atoms with E-state index in [-0.39, 0.29) is 17.6 Å². The Balaban J connectivity index is 1.66. The number of aldehydes is 1. The van der Waals surface area contributed by atoms with E-state index in [1.807, 2.05) is 10.9 Å². The lowest BCUT2D eigenvalue weighted by Gasteiger charge is -2.25. The number of fused-ring (bicyclic) bond motifs is 1. The average Bonchev–Trinajstić information content (AvgIpc) is 3.20. The van der Waals surface area contributed by atoms with Gasteiger partial charge in [0, 0.05) is 28.8 Å². The molecule has 0 radical (unpaired) electrons. The minimum Gasteiger partial charge on any atom is -0.386 e. The molecule has 1 fully saturated rings. The maximum Gasteiger partial charge on any atom is 0.434 e. The highest BCUT2D eigenvalue weighted by Gasteiger charge is 2.34. The van der Waals surface area contributed by atoms with Gasteiger partial charge in [-0.1, -0.05) is 0 Å². The molecule has 1 aliphatic carbocycles. The van der Waals surface area contributed by atoms with E-state index >= 15 is 0 Å². The molecule has 0 spiro atoms. The summed E-state index contributed by atoms with van der Waals surface area (Å²) in [6.45, 7) is 3.07. The van der Waals surface area contributed by atoms with Gasteiger partial charge >= 0.3 is 6.18 Å². The number of carbonyl (C=O) groups is 2. The first-order valence-corrected chi connectivity index (χ1v) is 10.9. The zero-order valence-corrected chi connectivity index (χ0v) is 18.6. The molecule has 1 aliphatic rings. The van der Waals surface area contributed by atoms with Crippen LogP contribution in [0.1, 0.15) is 67.3 Å². The summed E-state index contributed by atoms with van der Waals surface area (Å²) in [6, 6.07) is 3.41. The van der Waals surface area contributed by atoms with Crippen molar-refractivity contribution in [1.82, 2.24) is 19.7 Å². The van der Waals surface area contributed by atoms with Crippen LogP contribution in [0.4, 0.5) is 18.9 Å². The number of carbonyl (C=O) groups excluding carboxylic acids is 2. The number of amides is 1. The van der Waals surface area contributed by atoms with Crippen molar-refractivity contribution in [3.63, 3.8) is 0 Å². The number of halogens is 3. The Labute approximate surface area is 193 Å². The lowest BCUT2D eigenvalue weighted by atomic mass is 9.87. The Hall–Kier alpha value is -3.34. The third kappa shape index (κ3) is 4.93. The molecule has 0 atom stereocenters. The molecule has 8 nitrogen and oxygen atoms in total. The summed E-state index contributed by atoms with van der Waals surface area (Å²) in [4.78, 5) is 30.6. The summed E-state index contributed by atoms with van der Waals surface area (Å²) >= 11 is 0. The smallest absolute Gasteiger partial charge is 0.386 e. The van der Waals surface area contributed by atoms with E-state index in [0.29, 0.717) is 22.7 Å². The first-order chi connectivity index (χ1) is 16.0. The number of hydrogen-bond acceptors (Lipinski definition) is 6. The third-order valence-electron chi connectivity index (χ3n) is 6.03. The van der Waals surface area contributed by atoms with Gasteiger partial charge in [0.15, 0.2) is 5.69 Å². The second-order valence-electron chi connectivity index (χ2n) is 9.07. The molecule has 0 saturated heterocycles. The normalized spacial score (nSPS) is 19.2. The molecule has 2 aromatic heterocycles. The van der Waals surface area contributed by atoms with Crippen LogP contribution in [-0.2, 0) is 16.6 Å². The van der Waals surface area contributed by atoms with E-state index < -0.39 is 29.1 Å². The van der Waals surface area contributed by atoms with Crippen molar-refractivity contribution in [2.24, 2.45) is 5.92 Å². The summed E-state index contributed by atoms with van der Waals surface area (Å²) in [5, 5.41) is 18.6. The fraction of sp³-hybridized carbons (Fsp3) is 0.435. The van der Waals surface area contributed by atoms with Crippen LogP contribution in [0.2, 0.25) is 0 Å². The van der Waals surface area contributed by atoms with Gasteiger partial charge < -0.3 is 15.2 Å². The van der Waals surface area contributed by atoms with Gasteiger partial charge in [0.2, 0.25) is 0 Å². The summed E-state index contributed by atoms with van der Waals surface area (Å²) in [7, 11) is 0. The molecule has 0 bridgehead atoms. The van der Waals surface area contributed by atoms with Gasteiger partial charge in [-0.2, -0.15) is 18.3 Å². The highest BCUT2D eigenvalue weighted by molar-refractivity contribution is 6.04. The van der Waals surface area contributed by atoms with Crippen LogP contribution in [-0.4, -0.2) is 37.0 Å². The van der Waals surface area contributed by atoms with Crippen LogP contribution in [0, 0.1) is 5.92 Å². The molecule has 34 heavy (non-hydrogen) atoms. The number of aromatic nitrogens is 4. The number of nitrogens with one attached hydrogen (secondary N) is 1. The molecular formula is C23H24F3N5O3. The first kappa shape index (κ1) is 23.8. The average molecular weight is 475 g/mol. The van der Waals surface area contributed by atoms with E-state index in [1.54, 1.807) is 12.1 Å². The van der Waals surface area contributed by atoms with E-state index in [9.17, 15) is 27.9 Å². The number of aliphatic hydroxyl groups is 1. The summed E-state index contributed by atoms with van der Waals surface area (Å²) in [5.74, 6) is -0.813. The van der Waals surface area contributed by atoms with E-state index in [2.05, 4.69) is 20.4 Å². The molecule has 0 aliphatic heterocycles. The van der Waals surface area contributed by atoms with Gasteiger partial charge in [-0.05, 0) is 51.7 Å². The van der Waals surface area contributed by atoms with Gasteiger partial charge in [0.05, 0.1) is 29.6 Å². The second-order valence-corrected chi connectivity index (χ2v) is 9.07. The SMILES string of the molecule is CC(C)(O)c1cc2nn([C@H]3CC[C@H](C=O)CC3)cc2cc1NC(=O)c1cncc(C(F)(F)F)n1. The van der Waals surface area contributed by atoms with Crippen LogP contribution in [0.15, 0.2) is 30.7 Å².